The van der Waals surface area contributed by atoms with Crippen molar-refractivity contribution in [1.82, 2.24) is 0 Å². The maximum Gasteiger partial charge on any atom is 0.313 e. The zero-order chi connectivity index (χ0) is 30.5. The first-order chi connectivity index (χ1) is 20.3. The van der Waals surface area contributed by atoms with E-state index in [2.05, 4.69) is 0 Å². The van der Waals surface area contributed by atoms with Crippen molar-refractivity contribution in [1.29, 1.82) is 0 Å². The Balaban J connectivity index is 1.28. The normalized spacial score (nSPS) is 14.3. The number of carbonyl (C=O) groups excluding carboxylic acids is 4. The molecule has 0 saturated carbocycles. The van der Waals surface area contributed by atoms with Crippen LogP contribution in [0.2, 0.25) is 0 Å². The van der Waals surface area contributed by atoms with Gasteiger partial charge in [-0.2, -0.15) is 0 Å². The van der Waals surface area contributed by atoms with E-state index in [0.717, 1.165) is 56.9 Å². The molecular weight excluding hydrogens is 528 g/mol. The van der Waals surface area contributed by atoms with Crippen LogP contribution in [0.1, 0.15) is 112 Å². The minimum absolute atomic E-state index is 0.0615. The number of rotatable bonds is 17. The minimum Gasteiger partial charge on any atom is -0.492 e. The fraction of sp³-hybridized carbons (Fsp3) is 0.444. The molecule has 0 fully saturated rings. The van der Waals surface area contributed by atoms with E-state index in [4.69, 9.17) is 9.47 Å². The molecule has 1 aliphatic carbocycles. The number of Topliss-reactive ketones (excluding diaryl/α,β-unsaturated/α-hetero) is 2. The number of methoxy groups -OCH3 is 1. The number of hydrogen-bond acceptors (Lipinski definition) is 6. The van der Waals surface area contributed by atoms with E-state index >= 15 is 0 Å². The Morgan fingerprint density at radius 3 is 2.02 bits per heavy atom. The lowest BCUT2D eigenvalue weighted by molar-refractivity contribution is -0.145. The number of esters is 1. The zero-order valence-corrected chi connectivity index (χ0v) is 25.5. The largest absolute Gasteiger partial charge is 0.492 e. The molecule has 1 aliphatic rings. The maximum absolute atomic E-state index is 12.8. The molecule has 2 aromatic rings. The molecule has 1 atom stereocenters. The molecule has 0 amide bonds. The second-order valence-corrected chi connectivity index (χ2v) is 10.9. The highest BCUT2D eigenvalue weighted by Gasteiger charge is 2.32. The molecule has 0 spiro atoms. The number of benzene rings is 2. The lowest BCUT2D eigenvalue weighted by Crippen LogP contribution is -2.24. The van der Waals surface area contributed by atoms with Crippen LogP contribution in [0, 0.1) is 0 Å². The van der Waals surface area contributed by atoms with Gasteiger partial charge in [-0.1, -0.05) is 94.0 Å². The Kier molecular flexibility index (Phi) is 12.9. The minimum atomic E-state index is -0.444. The molecule has 2 aromatic carbocycles. The van der Waals surface area contributed by atoms with Crippen LogP contribution in [0.15, 0.2) is 77.1 Å². The number of ether oxygens (including phenoxy) is 2. The van der Waals surface area contributed by atoms with Gasteiger partial charge in [0.25, 0.3) is 0 Å². The molecule has 0 radical (unpaired) electrons. The van der Waals surface area contributed by atoms with Gasteiger partial charge in [0, 0.05) is 27.8 Å². The molecule has 6 heteroatoms. The second kappa shape index (κ2) is 16.6. The molecule has 0 N–H and O–H groups in total. The van der Waals surface area contributed by atoms with Crippen molar-refractivity contribution in [3.8, 4) is 0 Å². The van der Waals surface area contributed by atoms with Crippen molar-refractivity contribution in [2.24, 2.45) is 0 Å². The highest BCUT2D eigenvalue weighted by Crippen LogP contribution is 2.30. The molecule has 0 aliphatic heterocycles. The number of carbonyl (C=O) groups is 4. The highest BCUT2D eigenvalue weighted by molar-refractivity contribution is 6.24. The van der Waals surface area contributed by atoms with Gasteiger partial charge in [-0.3, -0.25) is 19.2 Å². The van der Waals surface area contributed by atoms with Crippen LogP contribution < -0.4 is 0 Å². The quantitative estimate of drug-likeness (QED) is 0.0830. The summed E-state index contributed by atoms with van der Waals surface area (Å²) in [5.41, 5.74) is 3.61. The van der Waals surface area contributed by atoms with Crippen LogP contribution in [0.5, 0.6) is 0 Å². The van der Waals surface area contributed by atoms with Crippen molar-refractivity contribution in [2.45, 2.75) is 90.9 Å². The van der Waals surface area contributed by atoms with Gasteiger partial charge in [0.15, 0.2) is 17.3 Å². The predicted molar refractivity (Wildman–Crippen MR) is 164 cm³/mol. The summed E-state index contributed by atoms with van der Waals surface area (Å²) in [5.74, 6) is -0.762. The van der Waals surface area contributed by atoms with Crippen molar-refractivity contribution < 1.29 is 28.7 Å². The number of hydrogen-bond donors (Lipinski definition) is 0. The third-order valence-corrected chi connectivity index (χ3v) is 7.98. The van der Waals surface area contributed by atoms with E-state index in [1.165, 1.54) is 7.11 Å². The Hall–Kier alpha value is -3.80. The molecule has 0 aromatic heterocycles. The van der Waals surface area contributed by atoms with Crippen molar-refractivity contribution in [3.05, 3.63) is 93.8 Å². The van der Waals surface area contributed by atoms with Gasteiger partial charge in [0.1, 0.15) is 0 Å². The van der Waals surface area contributed by atoms with Gasteiger partial charge < -0.3 is 9.47 Å². The second-order valence-electron chi connectivity index (χ2n) is 10.9. The molecule has 224 valence electrons. The monoisotopic (exact) mass is 572 g/mol. The van der Waals surface area contributed by atoms with Crippen LogP contribution in [0.3, 0.4) is 0 Å². The van der Waals surface area contributed by atoms with Crippen LogP contribution >= 0.6 is 0 Å². The highest BCUT2D eigenvalue weighted by atomic mass is 16.5. The summed E-state index contributed by atoms with van der Waals surface area (Å²) >= 11 is 0. The summed E-state index contributed by atoms with van der Waals surface area (Å²) in [6.07, 6.45) is 9.20. The molecular formula is C36H44O6. The summed E-state index contributed by atoms with van der Waals surface area (Å²) in [7, 11) is 1.45. The number of ketones is 3. The fourth-order valence-corrected chi connectivity index (χ4v) is 5.35. The van der Waals surface area contributed by atoms with E-state index in [9.17, 15) is 19.2 Å². The lowest BCUT2D eigenvalue weighted by Gasteiger charge is -2.20. The van der Waals surface area contributed by atoms with E-state index in [0.29, 0.717) is 47.3 Å². The van der Waals surface area contributed by atoms with Gasteiger partial charge in [-0.05, 0) is 51.2 Å². The van der Waals surface area contributed by atoms with Gasteiger partial charge in [-0.15, -0.1) is 0 Å². The number of allylic oxidation sites excluding steroid dienone is 3. The molecule has 1 unspecified atom stereocenters. The number of unbranched alkanes of at least 4 members (excludes halogenated alkanes) is 7. The lowest BCUT2D eigenvalue weighted by atomic mass is 9.85. The first kappa shape index (κ1) is 32.7. The van der Waals surface area contributed by atoms with E-state index < -0.39 is 5.92 Å². The topological polar surface area (TPSA) is 86.7 Å². The van der Waals surface area contributed by atoms with Crippen molar-refractivity contribution in [2.75, 3.05) is 13.7 Å². The Morgan fingerprint density at radius 1 is 0.762 bits per heavy atom. The first-order valence-corrected chi connectivity index (χ1v) is 15.2. The molecule has 42 heavy (non-hydrogen) atoms. The third-order valence-electron chi connectivity index (χ3n) is 7.98. The van der Waals surface area contributed by atoms with Crippen molar-refractivity contribution in [3.63, 3.8) is 0 Å². The van der Waals surface area contributed by atoms with Crippen LogP contribution in [0.4, 0.5) is 0 Å². The predicted octanol–water partition coefficient (Wildman–Crippen LogP) is 7.85. The smallest absolute Gasteiger partial charge is 0.313 e. The van der Waals surface area contributed by atoms with Gasteiger partial charge >= 0.3 is 5.97 Å². The Morgan fingerprint density at radius 2 is 1.38 bits per heavy atom. The standard InChI is InChI=1S/C36H44O6/c1-5-30-32(37)26(3)31(34(39)35(30)41-4)22-15-10-8-6-7-9-11-16-23-42-36(40)25(2)28-20-17-21-29(24-28)33(38)27-18-13-12-14-19-27/h12-14,17-21,24-25H,5-11,15-16,22-23H2,1-4H3. The van der Waals surface area contributed by atoms with E-state index in [1.807, 2.05) is 38.1 Å². The fourth-order valence-electron chi connectivity index (χ4n) is 5.35. The maximum atomic E-state index is 12.8. The van der Waals surface area contributed by atoms with Gasteiger partial charge in [0.05, 0.1) is 19.6 Å². The van der Waals surface area contributed by atoms with E-state index in [1.54, 1.807) is 37.3 Å². The van der Waals surface area contributed by atoms with Gasteiger partial charge in [0.2, 0.25) is 5.78 Å². The summed E-state index contributed by atoms with van der Waals surface area (Å²) in [6.45, 7) is 5.82. The van der Waals surface area contributed by atoms with Crippen LogP contribution in [-0.2, 0) is 23.9 Å². The summed E-state index contributed by atoms with van der Waals surface area (Å²) in [5, 5.41) is 0. The molecule has 0 bridgehead atoms. The van der Waals surface area contributed by atoms with E-state index in [-0.39, 0.29) is 29.1 Å². The molecule has 0 saturated heterocycles. The average Bonchev–Trinajstić information content (AvgIpc) is 3.02. The van der Waals surface area contributed by atoms with Gasteiger partial charge in [-0.25, -0.2) is 0 Å². The Bertz CT molecular complexity index is 1320. The molecule has 0 heterocycles. The molecule has 6 nitrogen and oxygen atoms in total. The summed E-state index contributed by atoms with van der Waals surface area (Å²) in [4.78, 5) is 50.7. The third kappa shape index (κ3) is 8.60. The van der Waals surface area contributed by atoms with Crippen LogP contribution in [-0.4, -0.2) is 37.0 Å². The SMILES string of the molecule is CCC1=C(OC)C(=O)C(CCCCCCCCCCOC(=O)C(C)c2cccc(C(=O)c3ccccc3)c2)=C(C)C1=O. The summed E-state index contributed by atoms with van der Waals surface area (Å²) < 4.78 is 10.8. The average molecular weight is 573 g/mol. The zero-order valence-electron chi connectivity index (χ0n) is 25.5. The Labute approximate surface area is 250 Å². The first-order valence-electron chi connectivity index (χ1n) is 15.2. The molecule has 3 rings (SSSR count). The van der Waals surface area contributed by atoms with Crippen molar-refractivity contribution >= 4 is 23.3 Å². The van der Waals surface area contributed by atoms with Crippen LogP contribution in [0.25, 0.3) is 0 Å². The summed E-state index contributed by atoms with van der Waals surface area (Å²) in [6, 6.07) is 16.3.